The van der Waals surface area contributed by atoms with Gasteiger partial charge < -0.3 is 5.32 Å². The number of carbonyl (C=O) groups is 1. The van der Waals surface area contributed by atoms with Crippen LogP contribution in [0, 0.1) is 0 Å². The summed E-state index contributed by atoms with van der Waals surface area (Å²) in [4.78, 5) is 11.6. The molecule has 1 atom stereocenters. The van der Waals surface area contributed by atoms with Crippen LogP contribution in [0.3, 0.4) is 0 Å². The van der Waals surface area contributed by atoms with Gasteiger partial charge in [-0.25, -0.2) is 8.42 Å². The Balaban J connectivity index is 1.90. The maximum Gasteiger partial charge on any atom is 0.250 e. The van der Waals surface area contributed by atoms with E-state index in [1.54, 1.807) is 0 Å². The first-order valence-corrected chi connectivity index (χ1v) is 6.93. The van der Waals surface area contributed by atoms with Crippen LogP contribution >= 0.6 is 0 Å². The third kappa shape index (κ3) is 2.69. The lowest BCUT2D eigenvalue weighted by molar-refractivity contribution is -0.121. The van der Waals surface area contributed by atoms with E-state index in [2.05, 4.69) is 10.0 Å². The van der Waals surface area contributed by atoms with Crippen molar-refractivity contribution in [3.8, 4) is 0 Å². The van der Waals surface area contributed by atoms with E-state index in [1.165, 1.54) is 0 Å². The van der Waals surface area contributed by atoms with Crippen molar-refractivity contribution in [3.05, 3.63) is 0 Å². The van der Waals surface area contributed by atoms with Crippen molar-refractivity contribution < 1.29 is 13.2 Å². The molecule has 0 spiro atoms. The van der Waals surface area contributed by atoms with E-state index in [1.807, 2.05) is 0 Å². The number of carbonyl (C=O) groups excluding carboxylic acids is 1. The highest BCUT2D eigenvalue weighted by molar-refractivity contribution is 7.90. The molecule has 5 nitrogen and oxygen atoms in total. The zero-order valence-electron chi connectivity index (χ0n) is 8.53. The predicted octanol–water partition coefficient (Wildman–Crippen LogP) is -0.263. The first-order valence-electron chi connectivity index (χ1n) is 5.38. The van der Waals surface area contributed by atoms with Crippen LogP contribution in [-0.4, -0.2) is 32.2 Å². The van der Waals surface area contributed by atoms with Gasteiger partial charge in [0.25, 0.3) is 5.91 Å². The Labute approximate surface area is 89.7 Å². The van der Waals surface area contributed by atoms with E-state index in [4.69, 9.17) is 0 Å². The second-order valence-electron chi connectivity index (χ2n) is 4.21. The maximum atomic E-state index is 11.6. The lowest BCUT2D eigenvalue weighted by atomic mass is 10.1. The molecule has 0 aromatic heterocycles. The van der Waals surface area contributed by atoms with Crippen LogP contribution in [0.5, 0.6) is 0 Å². The van der Waals surface area contributed by atoms with Crippen molar-refractivity contribution in [1.29, 1.82) is 0 Å². The van der Waals surface area contributed by atoms with Crippen molar-refractivity contribution in [2.75, 3.05) is 6.54 Å². The van der Waals surface area contributed by atoms with Gasteiger partial charge in [-0.05, 0) is 32.2 Å². The highest BCUT2D eigenvalue weighted by atomic mass is 32.2. The van der Waals surface area contributed by atoms with Gasteiger partial charge in [0.1, 0.15) is 0 Å². The lowest BCUT2D eigenvalue weighted by Gasteiger charge is -2.22. The summed E-state index contributed by atoms with van der Waals surface area (Å²) >= 11 is 0. The summed E-state index contributed by atoms with van der Waals surface area (Å²) in [5.74, 6) is -0.387. The third-order valence-electron chi connectivity index (χ3n) is 2.83. The van der Waals surface area contributed by atoms with Crippen molar-refractivity contribution >= 4 is 15.9 Å². The Morgan fingerprint density at radius 3 is 2.47 bits per heavy atom. The molecule has 2 aliphatic rings. The van der Waals surface area contributed by atoms with Gasteiger partial charge in [-0.2, -0.15) is 0 Å². The number of hydrogen-bond acceptors (Lipinski definition) is 4. The quantitative estimate of drug-likeness (QED) is 0.703. The number of rotatable bonds is 3. The fraction of sp³-hybridized carbons (Fsp3) is 0.889. The topological polar surface area (TPSA) is 75.3 Å². The monoisotopic (exact) mass is 232 g/mol. The molecule has 1 saturated heterocycles. The molecule has 1 unspecified atom stereocenters. The number of sulfonamides is 1. The highest BCUT2D eigenvalue weighted by Crippen LogP contribution is 2.27. The Bertz CT molecular complexity index is 342. The maximum absolute atomic E-state index is 11.6. The molecule has 15 heavy (non-hydrogen) atoms. The van der Waals surface area contributed by atoms with E-state index in [0.717, 1.165) is 25.8 Å². The van der Waals surface area contributed by atoms with Crippen LogP contribution in [0.2, 0.25) is 0 Å². The van der Waals surface area contributed by atoms with Crippen LogP contribution in [0.15, 0.2) is 0 Å². The molecule has 1 saturated carbocycles. The standard InChI is InChI=1S/C9H16N2O3S/c12-9(8-3-1-2-6-10-8)11-15(13,14)7-4-5-7/h7-8,10H,1-6H2,(H,11,12). The molecule has 1 aliphatic heterocycles. The van der Waals surface area contributed by atoms with Crippen molar-refractivity contribution in [1.82, 2.24) is 10.0 Å². The average molecular weight is 232 g/mol. The first-order chi connectivity index (χ1) is 7.09. The van der Waals surface area contributed by atoms with Crippen LogP contribution in [0.4, 0.5) is 0 Å². The van der Waals surface area contributed by atoms with E-state index in [9.17, 15) is 13.2 Å². The van der Waals surface area contributed by atoms with Crippen molar-refractivity contribution in [2.45, 2.75) is 43.4 Å². The third-order valence-corrected chi connectivity index (χ3v) is 4.67. The second-order valence-corrected chi connectivity index (χ2v) is 6.17. The van der Waals surface area contributed by atoms with E-state index in [-0.39, 0.29) is 17.2 Å². The molecule has 0 aromatic rings. The van der Waals surface area contributed by atoms with E-state index >= 15 is 0 Å². The Morgan fingerprint density at radius 1 is 1.20 bits per heavy atom. The van der Waals surface area contributed by atoms with Crippen LogP contribution in [-0.2, 0) is 14.8 Å². The van der Waals surface area contributed by atoms with Crippen molar-refractivity contribution in [2.24, 2.45) is 0 Å². The highest BCUT2D eigenvalue weighted by Gasteiger charge is 2.38. The lowest BCUT2D eigenvalue weighted by Crippen LogP contribution is -2.48. The summed E-state index contributed by atoms with van der Waals surface area (Å²) in [6, 6.07) is -0.327. The molecular weight excluding hydrogens is 216 g/mol. The second kappa shape index (κ2) is 4.09. The summed E-state index contributed by atoms with van der Waals surface area (Å²) in [5.41, 5.74) is 0. The molecule has 0 aromatic carbocycles. The number of piperidine rings is 1. The van der Waals surface area contributed by atoms with E-state index in [0.29, 0.717) is 12.8 Å². The zero-order chi connectivity index (χ0) is 10.9. The summed E-state index contributed by atoms with van der Waals surface area (Å²) in [7, 11) is -3.38. The van der Waals surface area contributed by atoms with Crippen molar-refractivity contribution in [3.63, 3.8) is 0 Å². The number of nitrogens with one attached hydrogen (secondary N) is 2. The molecule has 86 valence electrons. The Kier molecular flexibility index (Phi) is 2.97. The minimum absolute atomic E-state index is 0.327. The molecule has 0 bridgehead atoms. The fourth-order valence-corrected chi connectivity index (χ4v) is 3.09. The summed E-state index contributed by atoms with van der Waals surface area (Å²) in [6.45, 7) is 0.793. The molecule has 1 aliphatic carbocycles. The van der Waals surface area contributed by atoms with Crippen LogP contribution in [0.1, 0.15) is 32.1 Å². The molecule has 1 heterocycles. The van der Waals surface area contributed by atoms with Gasteiger partial charge in [0.2, 0.25) is 10.0 Å². The molecule has 2 N–H and O–H groups in total. The number of amides is 1. The number of hydrogen-bond donors (Lipinski definition) is 2. The smallest absolute Gasteiger partial charge is 0.250 e. The minimum Gasteiger partial charge on any atom is -0.306 e. The summed E-state index contributed by atoms with van der Waals surface area (Å²) in [6.07, 6.45) is 4.13. The molecule has 1 amide bonds. The SMILES string of the molecule is O=C(NS(=O)(=O)C1CC1)C1CCCCN1. The van der Waals surface area contributed by atoms with E-state index < -0.39 is 10.0 Å². The predicted molar refractivity (Wildman–Crippen MR) is 55.7 cm³/mol. The Morgan fingerprint density at radius 2 is 1.93 bits per heavy atom. The first kappa shape index (κ1) is 10.9. The molecule has 2 fully saturated rings. The van der Waals surface area contributed by atoms with Gasteiger partial charge in [0.15, 0.2) is 0 Å². The van der Waals surface area contributed by atoms with Gasteiger partial charge in [-0.15, -0.1) is 0 Å². The van der Waals surface area contributed by atoms with Gasteiger partial charge in [0.05, 0.1) is 11.3 Å². The minimum atomic E-state index is -3.38. The van der Waals surface area contributed by atoms with Gasteiger partial charge >= 0.3 is 0 Å². The normalized spacial score (nSPS) is 27.3. The fourth-order valence-electron chi connectivity index (χ4n) is 1.75. The largest absolute Gasteiger partial charge is 0.306 e. The molecule has 6 heteroatoms. The molecule has 2 rings (SSSR count). The van der Waals surface area contributed by atoms with Gasteiger partial charge in [0, 0.05) is 0 Å². The van der Waals surface area contributed by atoms with Crippen LogP contribution in [0.25, 0.3) is 0 Å². The Hall–Kier alpha value is -0.620. The molecular formula is C9H16N2O3S. The average Bonchev–Trinajstić information content (AvgIpc) is 3.01. The van der Waals surface area contributed by atoms with Crippen LogP contribution < -0.4 is 10.0 Å². The summed E-state index contributed by atoms with van der Waals surface area (Å²) in [5, 5.41) is 2.70. The molecule has 0 radical (unpaired) electrons. The van der Waals surface area contributed by atoms with Gasteiger partial charge in [-0.1, -0.05) is 6.42 Å². The zero-order valence-corrected chi connectivity index (χ0v) is 9.35. The van der Waals surface area contributed by atoms with Gasteiger partial charge in [-0.3, -0.25) is 9.52 Å². The summed E-state index contributed by atoms with van der Waals surface area (Å²) < 4.78 is 25.1.